The minimum Gasteiger partial charge on any atom is -0.493 e. The summed E-state index contributed by atoms with van der Waals surface area (Å²) in [5.74, 6) is 0.404. The lowest BCUT2D eigenvalue weighted by Gasteiger charge is -2.08. The molecule has 0 aliphatic rings. The number of halogens is 1. The Balaban J connectivity index is 1.52. The van der Waals surface area contributed by atoms with Crippen LogP contribution in [0.2, 0.25) is 5.15 Å². The first-order chi connectivity index (χ1) is 12.2. The number of aromatic nitrogens is 2. The van der Waals surface area contributed by atoms with Crippen LogP contribution >= 0.6 is 11.6 Å². The molecule has 6 heteroatoms. The number of amides is 1. The smallest absolute Gasteiger partial charge is 0.274 e. The van der Waals surface area contributed by atoms with Gasteiger partial charge in [-0.3, -0.25) is 4.79 Å². The van der Waals surface area contributed by atoms with Crippen LogP contribution in [0.5, 0.6) is 5.75 Å². The fourth-order valence-corrected chi connectivity index (χ4v) is 2.37. The molecule has 1 heterocycles. The van der Waals surface area contributed by atoms with E-state index in [1.54, 1.807) is 12.1 Å². The van der Waals surface area contributed by atoms with Crippen molar-refractivity contribution in [1.82, 2.24) is 9.97 Å². The number of rotatable bonds is 6. The SMILES string of the molecule is O=C(Nc1ccc(OCCc2ccccc2)cc1)c1cc(Cl)ncn1. The van der Waals surface area contributed by atoms with E-state index >= 15 is 0 Å². The Morgan fingerprint density at radius 2 is 1.80 bits per heavy atom. The Bertz CT molecular complexity index is 839. The number of carbonyl (C=O) groups excluding carboxylic acids is 1. The zero-order chi connectivity index (χ0) is 17.5. The summed E-state index contributed by atoms with van der Waals surface area (Å²) in [5, 5.41) is 2.98. The van der Waals surface area contributed by atoms with Crippen LogP contribution in [0, 0.1) is 0 Å². The number of anilines is 1. The highest BCUT2D eigenvalue weighted by molar-refractivity contribution is 6.29. The molecule has 126 valence electrons. The lowest BCUT2D eigenvalue weighted by atomic mass is 10.2. The van der Waals surface area contributed by atoms with E-state index in [1.807, 2.05) is 30.3 Å². The van der Waals surface area contributed by atoms with Crippen molar-refractivity contribution in [3.8, 4) is 5.75 Å². The van der Waals surface area contributed by atoms with Crippen molar-refractivity contribution in [3.63, 3.8) is 0 Å². The van der Waals surface area contributed by atoms with E-state index in [4.69, 9.17) is 16.3 Å². The summed E-state index contributed by atoms with van der Waals surface area (Å²) in [6.45, 7) is 0.592. The maximum absolute atomic E-state index is 12.1. The Kier molecular flexibility index (Phi) is 5.59. The molecule has 1 aromatic heterocycles. The van der Waals surface area contributed by atoms with Crippen molar-refractivity contribution in [3.05, 3.63) is 83.4 Å². The lowest BCUT2D eigenvalue weighted by molar-refractivity contribution is 0.102. The molecule has 0 bridgehead atoms. The third-order valence-corrected chi connectivity index (χ3v) is 3.69. The number of carbonyl (C=O) groups is 1. The van der Waals surface area contributed by atoms with Gasteiger partial charge < -0.3 is 10.1 Å². The Morgan fingerprint density at radius 1 is 1.04 bits per heavy atom. The Hall–Kier alpha value is -2.92. The number of nitrogens with zero attached hydrogens (tertiary/aromatic N) is 2. The van der Waals surface area contributed by atoms with Crippen molar-refractivity contribution in [2.75, 3.05) is 11.9 Å². The molecule has 0 aliphatic heterocycles. The molecule has 0 atom stereocenters. The van der Waals surface area contributed by atoms with Gasteiger partial charge in [-0.2, -0.15) is 0 Å². The van der Waals surface area contributed by atoms with E-state index in [0.29, 0.717) is 12.3 Å². The molecule has 0 aliphatic carbocycles. The summed E-state index contributed by atoms with van der Waals surface area (Å²) >= 11 is 5.76. The first kappa shape index (κ1) is 16.9. The van der Waals surface area contributed by atoms with E-state index in [2.05, 4.69) is 27.4 Å². The number of hydrogen-bond donors (Lipinski definition) is 1. The monoisotopic (exact) mass is 353 g/mol. The molecule has 5 nitrogen and oxygen atoms in total. The molecule has 25 heavy (non-hydrogen) atoms. The van der Waals surface area contributed by atoms with Gasteiger partial charge in [0.2, 0.25) is 0 Å². The maximum Gasteiger partial charge on any atom is 0.274 e. The van der Waals surface area contributed by atoms with Crippen LogP contribution < -0.4 is 10.1 Å². The van der Waals surface area contributed by atoms with Crippen LogP contribution in [0.3, 0.4) is 0 Å². The van der Waals surface area contributed by atoms with Gasteiger partial charge in [0.1, 0.15) is 22.9 Å². The van der Waals surface area contributed by atoms with Crippen molar-refractivity contribution >= 4 is 23.2 Å². The third-order valence-electron chi connectivity index (χ3n) is 3.48. The summed E-state index contributed by atoms with van der Waals surface area (Å²) in [6.07, 6.45) is 2.09. The van der Waals surface area contributed by atoms with Crippen LogP contribution in [0.15, 0.2) is 67.0 Å². The van der Waals surface area contributed by atoms with Gasteiger partial charge in [0.25, 0.3) is 5.91 Å². The van der Waals surface area contributed by atoms with Gasteiger partial charge in [0, 0.05) is 18.2 Å². The molecule has 0 unspecified atom stereocenters. The first-order valence-corrected chi connectivity index (χ1v) is 8.14. The fraction of sp³-hybridized carbons (Fsp3) is 0.105. The van der Waals surface area contributed by atoms with Crippen LogP contribution in [-0.4, -0.2) is 22.5 Å². The molecule has 1 N–H and O–H groups in total. The zero-order valence-electron chi connectivity index (χ0n) is 13.4. The van der Waals surface area contributed by atoms with Gasteiger partial charge in [0.15, 0.2) is 0 Å². The normalized spacial score (nSPS) is 10.3. The van der Waals surface area contributed by atoms with Crippen LogP contribution in [-0.2, 0) is 6.42 Å². The van der Waals surface area contributed by atoms with E-state index in [0.717, 1.165) is 12.2 Å². The van der Waals surface area contributed by atoms with Gasteiger partial charge in [0.05, 0.1) is 6.61 Å². The number of ether oxygens (including phenoxy) is 1. The predicted molar refractivity (Wildman–Crippen MR) is 97.1 cm³/mol. The van der Waals surface area contributed by atoms with E-state index in [1.165, 1.54) is 18.0 Å². The quantitative estimate of drug-likeness (QED) is 0.680. The highest BCUT2D eigenvalue weighted by Crippen LogP contribution is 2.17. The zero-order valence-corrected chi connectivity index (χ0v) is 14.1. The maximum atomic E-state index is 12.1. The molecule has 1 amide bonds. The molecule has 3 aromatic rings. The summed E-state index contributed by atoms with van der Waals surface area (Å²) in [4.78, 5) is 19.7. The number of benzene rings is 2. The molecular formula is C19H16ClN3O2. The van der Waals surface area contributed by atoms with Gasteiger partial charge >= 0.3 is 0 Å². The van der Waals surface area contributed by atoms with Gasteiger partial charge in [-0.25, -0.2) is 9.97 Å². The highest BCUT2D eigenvalue weighted by Gasteiger charge is 2.08. The van der Waals surface area contributed by atoms with Gasteiger partial charge in [-0.05, 0) is 29.8 Å². The average Bonchev–Trinajstić information content (AvgIpc) is 2.64. The van der Waals surface area contributed by atoms with Gasteiger partial charge in [-0.1, -0.05) is 41.9 Å². The third kappa shape index (κ3) is 5.02. The Labute approximate surface area is 150 Å². The highest BCUT2D eigenvalue weighted by atomic mass is 35.5. The van der Waals surface area contributed by atoms with Crippen LogP contribution in [0.4, 0.5) is 5.69 Å². The molecular weight excluding hydrogens is 338 g/mol. The number of nitrogens with one attached hydrogen (secondary N) is 1. The molecule has 2 aromatic carbocycles. The molecule has 0 fully saturated rings. The van der Waals surface area contributed by atoms with E-state index in [9.17, 15) is 4.79 Å². The van der Waals surface area contributed by atoms with E-state index in [-0.39, 0.29) is 16.8 Å². The second-order valence-corrected chi connectivity index (χ2v) is 5.68. The summed E-state index contributed by atoms with van der Waals surface area (Å²) in [6, 6.07) is 18.8. The molecule has 3 rings (SSSR count). The van der Waals surface area contributed by atoms with Crippen molar-refractivity contribution in [2.45, 2.75) is 6.42 Å². The summed E-state index contributed by atoms with van der Waals surface area (Å²) < 4.78 is 5.72. The second-order valence-electron chi connectivity index (χ2n) is 5.29. The largest absolute Gasteiger partial charge is 0.493 e. The second kappa shape index (κ2) is 8.26. The minimum absolute atomic E-state index is 0.211. The summed E-state index contributed by atoms with van der Waals surface area (Å²) in [5.41, 5.74) is 2.09. The number of hydrogen-bond acceptors (Lipinski definition) is 4. The molecule has 0 saturated carbocycles. The van der Waals surface area contributed by atoms with Crippen molar-refractivity contribution in [2.24, 2.45) is 0 Å². The predicted octanol–water partition coefficient (Wildman–Crippen LogP) is 4.00. The fourth-order valence-electron chi connectivity index (χ4n) is 2.22. The van der Waals surface area contributed by atoms with Crippen LogP contribution in [0.25, 0.3) is 0 Å². The van der Waals surface area contributed by atoms with Crippen LogP contribution in [0.1, 0.15) is 16.1 Å². The van der Waals surface area contributed by atoms with Crippen molar-refractivity contribution in [1.29, 1.82) is 0 Å². The standard InChI is InChI=1S/C19H16ClN3O2/c20-18-12-17(21-13-22-18)19(24)23-15-6-8-16(9-7-15)25-11-10-14-4-2-1-3-5-14/h1-9,12-13H,10-11H2,(H,23,24). The first-order valence-electron chi connectivity index (χ1n) is 7.76. The molecule has 0 spiro atoms. The molecule has 0 saturated heterocycles. The van der Waals surface area contributed by atoms with Gasteiger partial charge in [-0.15, -0.1) is 0 Å². The Morgan fingerprint density at radius 3 is 2.52 bits per heavy atom. The lowest BCUT2D eigenvalue weighted by Crippen LogP contribution is -2.13. The summed E-state index contributed by atoms with van der Waals surface area (Å²) in [7, 11) is 0. The average molecular weight is 354 g/mol. The van der Waals surface area contributed by atoms with E-state index < -0.39 is 0 Å². The molecule has 0 radical (unpaired) electrons. The minimum atomic E-state index is -0.345. The topological polar surface area (TPSA) is 64.1 Å². The van der Waals surface area contributed by atoms with Crippen molar-refractivity contribution < 1.29 is 9.53 Å².